The molecule has 0 radical (unpaired) electrons. The third-order valence-electron chi connectivity index (χ3n) is 4.69. The van der Waals surface area contributed by atoms with Gasteiger partial charge in [0.2, 0.25) is 0 Å². The van der Waals surface area contributed by atoms with Crippen molar-refractivity contribution in [2.24, 2.45) is 0 Å². The van der Waals surface area contributed by atoms with Crippen LogP contribution in [0.5, 0.6) is 5.75 Å². The number of fused-ring (bicyclic) bond motifs is 2. The zero-order valence-electron chi connectivity index (χ0n) is 15.2. The minimum atomic E-state index is -0.617. The predicted octanol–water partition coefficient (Wildman–Crippen LogP) is 1.52. The first-order valence-electron chi connectivity index (χ1n) is 8.77. The number of ether oxygens (including phenoxy) is 1. The number of benzene rings is 1. The monoisotopic (exact) mass is 364 g/mol. The summed E-state index contributed by atoms with van der Waals surface area (Å²) in [6.07, 6.45) is -0.617. The Morgan fingerprint density at radius 1 is 1.26 bits per heavy atom. The van der Waals surface area contributed by atoms with E-state index in [-0.39, 0.29) is 11.5 Å². The van der Waals surface area contributed by atoms with Gasteiger partial charge >= 0.3 is 0 Å². The maximum atomic E-state index is 12.5. The second-order valence-corrected chi connectivity index (χ2v) is 6.52. The van der Waals surface area contributed by atoms with E-state index in [9.17, 15) is 9.59 Å². The van der Waals surface area contributed by atoms with Gasteiger partial charge in [-0.1, -0.05) is 18.2 Å². The van der Waals surface area contributed by atoms with Crippen molar-refractivity contribution in [3.8, 4) is 5.75 Å². The summed E-state index contributed by atoms with van der Waals surface area (Å²) >= 11 is 0. The molecule has 0 fully saturated rings. The van der Waals surface area contributed by atoms with Crippen molar-refractivity contribution in [2.75, 3.05) is 18.5 Å². The molecule has 1 aliphatic heterocycles. The third kappa shape index (κ3) is 3.12. The molecule has 0 spiro atoms. The van der Waals surface area contributed by atoms with Gasteiger partial charge in [-0.25, -0.2) is 4.98 Å². The van der Waals surface area contributed by atoms with Crippen LogP contribution >= 0.6 is 0 Å². The first-order valence-corrected chi connectivity index (χ1v) is 8.77. The Kier molecular flexibility index (Phi) is 4.27. The average molecular weight is 364 g/mol. The lowest BCUT2D eigenvalue weighted by atomic mass is 10.1. The smallest absolute Gasteiger partial charge is 0.262 e. The number of likely N-dealkylation sites (N-methyl/N-ethyl adjacent to an activating group) is 1. The van der Waals surface area contributed by atoms with E-state index in [4.69, 9.17) is 4.74 Å². The fourth-order valence-corrected chi connectivity index (χ4v) is 3.39. The molecule has 4 rings (SSSR count). The van der Waals surface area contributed by atoms with Crippen molar-refractivity contribution in [3.63, 3.8) is 0 Å². The molecular weight excluding hydrogens is 344 g/mol. The predicted molar refractivity (Wildman–Crippen MR) is 102 cm³/mol. The summed E-state index contributed by atoms with van der Waals surface area (Å²) < 4.78 is 7.41. The highest BCUT2D eigenvalue weighted by Gasteiger charge is 2.30. The number of aryl methyl sites for hydroxylation is 1. The van der Waals surface area contributed by atoms with Crippen molar-refractivity contribution in [1.29, 1.82) is 0 Å². The molecule has 27 heavy (non-hydrogen) atoms. The summed E-state index contributed by atoms with van der Waals surface area (Å²) in [6.45, 7) is 2.67. The topological polar surface area (TPSA) is 75.9 Å². The number of carbonyl (C=O) groups excluding carboxylic acids is 1. The van der Waals surface area contributed by atoms with Gasteiger partial charge in [0.05, 0.1) is 24.5 Å². The summed E-state index contributed by atoms with van der Waals surface area (Å²) in [7, 11) is 1.59. The van der Waals surface area contributed by atoms with Crippen LogP contribution in [0.1, 0.15) is 11.4 Å². The maximum absolute atomic E-state index is 12.5. The second-order valence-electron chi connectivity index (χ2n) is 6.52. The molecule has 138 valence electrons. The zero-order chi connectivity index (χ0) is 19.0. The van der Waals surface area contributed by atoms with Crippen LogP contribution in [0.3, 0.4) is 0 Å². The number of amides is 1. The average Bonchev–Trinajstić information content (AvgIpc) is 2.67. The molecular formula is C20H20N4O3. The number of nitrogens with zero attached hydrogens (tertiary/aromatic N) is 3. The summed E-state index contributed by atoms with van der Waals surface area (Å²) in [5.74, 6) is 0.461. The van der Waals surface area contributed by atoms with Crippen molar-refractivity contribution < 1.29 is 9.53 Å². The van der Waals surface area contributed by atoms with Gasteiger partial charge in [-0.05, 0) is 31.2 Å². The SMILES string of the molecule is CNC(=O)[C@H]1CN(Cc2cc(=O)n3c(C)cccc3n2)c2ccccc2O1. The molecule has 1 aromatic carbocycles. The van der Waals surface area contributed by atoms with Crippen molar-refractivity contribution in [1.82, 2.24) is 14.7 Å². The molecule has 3 aromatic rings. The molecule has 2 aromatic heterocycles. The number of pyridine rings is 1. The van der Waals surface area contributed by atoms with E-state index in [1.54, 1.807) is 17.5 Å². The molecule has 0 unspecified atom stereocenters. The van der Waals surface area contributed by atoms with E-state index >= 15 is 0 Å². The molecule has 7 heteroatoms. The summed E-state index contributed by atoms with van der Waals surface area (Å²) in [6, 6.07) is 14.7. The van der Waals surface area contributed by atoms with Crippen LogP contribution in [-0.4, -0.2) is 35.0 Å². The van der Waals surface area contributed by atoms with E-state index in [1.165, 1.54) is 0 Å². The van der Waals surface area contributed by atoms with Crippen LogP contribution in [0.4, 0.5) is 5.69 Å². The molecule has 0 aliphatic carbocycles. The van der Waals surface area contributed by atoms with E-state index in [0.29, 0.717) is 30.2 Å². The molecule has 1 N–H and O–H groups in total. The van der Waals surface area contributed by atoms with Crippen LogP contribution < -0.4 is 20.5 Å². The Hall–Kier alpha value is -3.35. The third-order valence-corrected chi connectivity index (χ3v) is 4.69. The van der Waals surface area contributed by atoms with E-state index in [0.717, 1.165) is 11.4 Å². The van der Waals surface area contributed by atoms with E-state index < -0.39 is 6.10 Å². The molecule has 7 nitrogen and oxygen atoms in total. The summed E-state index contributed by atoms with van der Waals surface area (Å²) in [5, 5.41) is 2.63. The van der Waals surface area contributed by atoms with E-state index in [1.807, 2.05) is 54.3 Å². The number of carbonyl (C=O) groups is 1. The normalized spacial score (nSPS) is 15.9. The van der Waals surface area contributed by atoms with Crippen LogP contribution in [0, 0.1) is 6.92 Å². The fourth-order valence-electron chi connectivity index (χ4n) is 3.39. The number of aromatic nitrogens is 2. The van der Waals surface area contributed by atoms with E-state index in [2.05, 4.69) is 10.3 Å². The number of rotatable bonds is 3. The Morgan fingerprint density at radius 3 is 2.89 bits per heavy atom. The Balaban J connectivity index is 1.72. The van der Waals surface area contributed by atoms with Gasteiger partial charge in [-0.2, -0.15) is 0 Å². The first kappa shape index (κ1) is 17.1. The van der Waals surface area contributed by atoms with Gasteiger partial charge in [0.15, 0.2) is 6.10 Å². The Labute approximate surface area is 156 Å². The molecule has 1 amide bonds. The quantitative estimate of drug-likeness (QED) is 0.763. The molecule has 1 aliphatic rings. The zero-order valence-corrected chi connectivity index (χ0v) is 15.2. The number of para-hydroxylation sites is 2. The van der Waals surface area contributed by atoms with Crippen molar-refractivity contribution >= 4 is 17.2 Å². The lowest BCUT2D eigenvalue weighted by molar-refractivity contribution is -0.127. The van der Waals surface area contributed by atoms with Crippen LogP contribution in [0.25, 0.3) is 5.65 Å². The lowest BCUT2D eigenvalue weighted by Gasteiger charge is -2.35. The minimum absolute atomic E-state index is 0.113. The van der Waals surface area contributed by atoms with Gasteiger partial charge in [0.25, 0.3) is 11.5 Å². The largest absolute Gasteiger partial charge is 0.477 e. The Bertz CT molecular complexity index is 1080. The highest BCUT2D eigenvalue weighted by molar-refractivity contribution is 5.83. The summed E-state index contributed by atoms with van der Waals surface area (Å²) in [5.41, 5.74) is 2.87. The van der Waals surface area contributed by atoms with Crippen LogP contribution in [0.15, 0.2) is 53.3 Å². The molecule has 0 saturated heterocycles. The second kappa shape index (κ2) is 6.75. The van der Waals surface area contributed by atoms with Crippen molar-refractivity contribution in [3.05, 3.63) is 70.3 Å². The fraction of sp³-hybridized carbons (Fsp3) is 0.250. The first-order chi connectivity index (χ1) is 13.1. The lowest BCUT2D eigenvalue weighted by Crippen LogP contribution is -2.48. The van der Waals surface area contributed by atoms with Gasteiger partial charge in [-0.3, -0.25) is 14.0 Å². The standard InChI is InChI=1S/C20H20N4O3/c1-13-6-5-9-18-22-14(10-19(25)24(13)18)11-23-12-17(20(26)21-2)27-16-8-4-3-7-15(16)23/h3-10,17H,11-12H2,1-2H3,(H,21,26)/t17-/m1/s1. The minimum Gasteiger partial charge on any atom is -0.477 e. The van der Waals surface area contributed by atoms with Crippen LogP contribution in [-0.2, 0) is 11.3 Å². The molecule has 3 heterocycles. The van der Waals surface area contributed by atoms with Gasteiger partial charge in [0.1, 0.15) is 11.4 Å². The van der Waals surface area contributed by atoms with Crippen LogP contribution in [0.2, 0.25) is 0 Å². The number of hydrogen-bond donors (Lipinski definition) is 1. The van der Waals surface area contributed by atoms with Crippen molar-refractivity contribution in [2.45, 2.75) is 19.6 Å². The summed E-state index contributed by atoms with van der Waals surface area (Å²) in [4.78, 5) is 31.3. The Morgan fingerprint density at radius 2 is 2.07 bits per heavy atom. The van der Waals surface area contributed by atoms with Gasteiger partial charge in [-0.15, -0.1) is 0 Å². The maximum Gasteiger partial charge on any atom is 0.262 e. The molecule has 1 atom stereocenters. The molecule has 0 bridgehead atoms. The number of anilines is 1. The number of hydrogen-bond acceptors (Lipinski definition) is 5. The van der Waals surface area contributed by atoms with Gasteiger partial charge < -0.3 is 15.0 Å². The molecule has 0 saturated carbocycles. The number of nitrogens with one attached hydrogen (secondary N) is 1. The highest BCUT2D eigenvalue weighted by atomic mass is 16.5. The van der Waals surface area contributed by atoms with Gasteiger partial charge in [0, 0.05) is 18.8 Å². The highest BCUT2D eigenvalue weighted by Crippen LogP contribution is 2.33.